The van der Waals surface area contributed by atoms with Crippen molar-refractivity contribution in [1.82, 2.24) is 10.3 Å². The smallest absolute Gasteiger partial charge is 0.241 e. The second-order valence-corrected chi connectivity index (χ2v) is 4.69. The maximum Gasteiger partial charge on any atom is 0.241 e. The Balaban J connectivity index is 2.27. The van der Waals surface area contributed by atoms with Gasteiger partial charge in [-0.3, -0.25) is 4.79 Å². The first kappa shape index (κ1) is 10.8. The summed E-state index contributed by atoms with van der Waals surface area (Å²) in [7, 11) is 0. The lowest BCUT2D eigenvalue weighted by Gasteiger charge is -2.33. The monoisotopic (exact) mass is 317 g/mol. The number of pyridine rings is 1. The molecule has 1 aliphatic heterocycles. The van der Waals surface area contributed by atoms with Gasteiger partial charge in [-0.05, 0) is 41.6 Å². The van der Waals surface area contributed by atoms with Crippen LogP contribution in [0.2, 0.25) is 0 Å². The number of nitrogens with one attached hydrogen (secondary N) is 1. The summed E-state index contributed by atoms with van der Waals surface area (Å²) in [4.78, 5) is 17.7. The Hall–Kier alpha value is -0.690. The van der Waals surface area contributed by atoms with Crippen LogP contribution < -0.4 is 10.2 Å². The molecule has 80 valence electrons. The van der Waals surface area contributed by atoms with Crippen molar-refractivity contribution < 1.29 is 4.79 Å². The molecule has 15 heavy (non-hydrogen) atoms. The number of halogens is 1. The number of carbonyl (C=O) groups is 1. The third-order valence-corrected chi connectivity index (χ3v) is 3.05. The van der Waals surface area contributed by atoms with E-state index in [0.717, 1.165) is 15.9 Å². The van der Waals surface area contributed by atoms with E-state index >= 15 is 0 Å². The largest absolute Gasteiger partial charge is 0.306 e. The first-order valence-corrected chi connectivity index (χ1v) is 5.90. The van der Waals surface area contributed by atoms with Crippen molar-refractivity contribution in [1.29, 1.82) is 0 Å². The summed E-state index contributed by atoms with van der Waals surface area (Å²) in [5.74, 6) is 0.108. The molecule has 0 radical (unpaired) electrons. The number of hydrogen-bond acceptors (Lipinski definition) is 3. The van der Waals surface area contributed by atoms with E-state index in [4.69, 9.17) is 0 Å². The first-order valence-electron chi connectivity index (χ1n) is 4.83. The third kappa shape index (κ3) is 2.28. The Labute approximate surface area is 102 Å². The lowest BCUT2D eigenvalue weighted by molar-refractivity contribution is -0.119. The van der Waals surface area contributed by atoms with Crippen LogP contribution in [0.15, 0.2) is 18.3 Å². The van der Waals surface area contributed by atoms with Crippen molar-refractivity contribution in [2.45, 2.75) is 13.0 Å². The summed E-state index contributed by atoms with van der Waals surface area (Å²) in [6.45, 7) is 3.27. The summed E-state index contributed by atoms with van der Waals surface area (Å²) in [5.41, 5.74) is 0.884. The van der Waals surface area contributed by atoms with Gasteiger partial charge >= 0.3 is 0 Å². The van der Waals surface area contributed by atoms with Gasteiger partial charge in [-0.15, -0.1) is 0 Å². The minimum Gasteiger partial charge on any atom is -0.306 e. The van der Waals surface area contributed by atoms with Crippen LogP contribution in [0.4, 0.5) is 5.69 Å². The molecule has 0 spiro atoms. The lowest BCUT2D eigenvalue weighted by Crippen LogP contribution is -2.53. The van der Waals surface area contributed by atoms with E-state index in [1.54, 1.807) is 11.1 Å². The van der Waals surface area contributed by atoms with Crippen LogP contribution in [0.3, 0.4) is 0 Å². The summed E-state index contributed by atoms with van der Waals surface area (Å²) in [5, 5.41) is 3.08. The Bertz CT molecular complexity index is 365. The molecule has 1 N–H and O–H groups in total. The topological polar surface area (TPSA) is 45.2 Å². The van der Waals surface area contributed by atoms with Crippen LogP contribution >= 0.6 is 22.6 Å². The number of anilines is 1. The van der Waals surface area contributed by atoms with Crippen LogP contribution in [0.1, 0.15) is 6.92 Å². The van der Waals surface area contributed by atoms with E-state index in [1.165, 1.54) is 0 Å². The van der Waals surface area contributed by atoms with E-state index in [2.05, 4.69) is 32.9 Å². The highest BCUT2D eigenvalue weighted by molar-refractivity contribution is 14.1. The van der Waals surface area contributed by atoms with Crippen molar-refractivity contribution >= 4 is 34.2 Å². The lowest BCUT2D eigenvalue weighted by atomic mass is 10.2. The normalized spacial score (nSPS) is 21.9. The molecule has 1 unspecified atom stereocenters. The van der Waals surface area contributed by atoms with Crippen LogP contribution in [0.5, 0.6) is 0 Å². The summed E-state index contributed by atoms with van der Waals surface area (Å²) in [6.07, 6.45) is 1.75. The fourth-order valence-corrected chi connectivity index (χ4v) is 2.04. The standard InChI is InChI=1S/C10H12IN3O/c1-7-4-12-6-10(15)14(7)8-2-3-9(11)13-5-8/h2-3,5,7,12H,4,6H2,1H3. The molecule has 4 nitrogen and oxygen atoms in total. The predicted molar refractivity (Wildman–Crippen MR) is 66.8 cm³/mol. The average Bonchev–Trinajstić information content (AvgIpc) is 2.20. The zero-order chi connectivity index (χ0) is 10.8. The number of nitrogens with zero attached hydrogens (tertiary/aromatic N) is 2. The van der Waals surface area contributed by atoms with Gasteiger partial charge in [0.25, 0.3) is 0 Å². The maximum atomic E-state index is 11.7. The molecular formula is C10H12IN3O. The molecule has 2 heterocycles. The third-order valence-electron chi connectivity index (χ3n) is 2.42. The van der Waals surface area contributed by atoms with E-state index in [-0.39, 0.29) is 11.9 Å². The number of hydrogen-bond donors (Lipinski definition) is 1. The first-order chi connectivity index (χ1) is 7.18. The molecule has 1 saturated heterocycles. The van der Waals surface area contributed by atoms with Crippen molar-refractivity contribution in [3.63, 3.8) is 0 Å². The second-order valence-electron chi connectivity index (χ2n) is 3.58. The van der Waals surface area contributed by atoms with Crippen LogP contribution in [-0.4, -0.2) is 30.0 Å². The van der Waals surface area contributed by atoms with E-state index in [9.17, 15) is 4.79 Å². The Morgan fingerprint density at radius 1 is 1.60 bits per heavy atom. The Morgan fingerprint density at radius 3 is 3.00 bits per heavy atom. The molecule has 5 heteroatoms. The fourth-order valence-electron chi connectivity index (χ4n) is 1.72. The molecule has 0 aromatic carbocycles. The Morgan fingerprint density at radius 2 is 2.40 bits per heavy atom. The molecule has 1 fully saturated rings. The molecule has 1 aromatic heterocycles. The van der Waals surface area contributed by atoms with Crippen LogP contribution in [0.25, 0.3) is 0 Å². The van der Waals surface area contributed by atoms with Crippen molar-refractivity contribution in [3.05, 3.63) is 22.0 Å². The molecule has 1 aliphatic rings. The highest BCUT2D eigenvalue weighted by Crippen LogP contribution is 2.18. The molecule has 0 saturated carbocycles. The summed E-state index contributed by atoms with van der Waals surface area (Å²) < 4.78 is 0.937. The zero-order valence-electron chi connectivity index (χ0n) is 8.40. The van der Waals surface area contributed by atoms with E-state index in [0.29, 0.717) is 6.54 Å². The number of rotatable bonds is 1. The predicted octanol–water partition coefficient (Wildman–Crippen LogP) is 1.01. The summed E-state index contributed by atoms with van der Waals surface area (Å²) >= 11 is 2.15. The number of piperazine rings is 1. The van der Waals surface area contributed by atoms with Gasteiger partial charge in [-0.1, -0.05) is 0 Å². The van der Waals surface area contributed by atoms with Gasteiger partial charge < -0.3 is 10.2 Å². The number of aromatic nitrogens is 1. The van der Waals surface area contributed by atoms with Gasteiger partial charge in [0.05, 0.1) is 18.4 Å². The molecule has 1 atom stereocenters. The zero-order valence-corrected chi connectivity index (χ0v) is 10.6. The molecule has 0 bridgehead atoms. The SMILES string of the molecule is CC1CNCC(=O)N1c1ccc(I)nc1. The highest BCUT2D eigenvalue weighted by Gasteiger charge is 2.25. The minimum absolute atomic E-state index is 0.108. The van der Waals surface area contributed by atoms with Gasteiger partial charge in [0.1, 0.15) is 3.70 Å². The van der Waals surface area contributed by atoms with Gasteiger partial charge in [0.15, 0.2) is 0 Å². The molecule has 2 rings (SSSR count). The molecule has 0 aliphatic carbocycles. The van der Waals surface area contributed by atoms with E-state index < -0.39 is 0 Å². The quantitative estimate of drug-likeness (QED) is 0.621. The van der Waals surface area contributed by atoms with Gasteiger partial charge in [-0.25, -0.2) is 4.98 Å². The van der Waals surface area contributed by atoms with Crippen LogP contribution in [-0.2, 0) is 4.79 Å². The van der Waals surface area contributed by atoms with Crippen molar-refractivity contribution in [2.24, 2.45) is 0 Å². The van der Waals surface area contributed by atoms with Crippen molar-refractivity contribution in [3.8, 4) is 0 Å². The highest BCUT2D eigenvalue weighted by atomic mass is 127. The Kier molecular flexibility index (Phi) is 3.20. The molecule has 1 amide bonds. The maximum absolute atomic E-state index is 11.7. The minimum atomic E-state index is 0.108. The molecule has 1 aromatic rings. The summed E-state index contributed by atoms with van der Waals surface area (Å²) in [6, 6.07) is 4.04. The van der Waals surface area contributed by atoms with Gasteiger partial charge in [0.2, 0.25) is 5.91 Å². The van der Waals surface area contributed by atoms with Gasteiger partial charge in [0, 0.05) is 12.6 Å². The number of carbonyl (C=O) groups excluding carboxylic acids is 1. The van der Waals surface area contributed by atoms with Crippen LogP contribution in [0, 0.1) is 3.70 Å². The fraction of sp³-hybridized carbons (Fsp3) is 0.400. The second kappa shape index (κ2) is 4.44. The molecular weight excluding hydrogens is 305 g/mol. The average molecular weight is 317 g/mol. The van der Waals surface area contributed by atoms with Crippen molar-refractivity contribution in [2.75, 3.05) is 18.0 Å². The van der Waals surface area contributed by atoms with E-state index in [1.807, 2.05) is 19.1 Å². The number of amides is 1. The van der Waals surface area contributed by atoms with Gasteiger partial charge in [-0.2, -0.15) is 0 Å².